The lowest BCUT2D eigenvalue weighted by molar-refractivity contribution is 0.620. The highest BCUT2D eigenvalue weighted by molar-refractivity contribution is 6.11. The predicted octanol–water partition coefficient (Wildman–Crippen LogP) is 15.3. The molecule has 0 aliphatic heterocycles. The Balaban J connectivity index is 0.953. The molecule has 0 amide bonds. The zero-order valence-electron chi connectivity index (χ0n) is 32.4. The molecule has 60 heavy (non-hydrogen) atoms. The minimum Gasteiger partial charge on any atom is -0.456 e. The van der Waals surface area contributed by atoms with Crippen LogP contribution in [0.4, 0.5) is 17.1 Å². The molecule has 5 nitrogen and oxygen atoms in total. The lowest BCUT2D eigenvalue weighted by Crippen LogP contribution is -2.10. The number of hydrogen-bond acceptors (Lipinski definition) is 4. The van der Waals surface area contributed by atoms with E-state index in [1.165, 1.54) is 32.9 Å². The van der Waals surface area contributed by atoms with E-state index in [1.807, 2.05) is 36.4 Å². The number of benzene rings is 9. The first-order chi connectivity index (χ1) is 29.7. The summed E-state index contributed by atoms with van der Waals surface area (Å²) in [7, 11) is 0. The Kier molecular flexibility index (Phi) is 7.78. The molecule has 0 saturated carbocycles. The van der Waals surface area contributed by atoms with E-state index in [9.17, 15) is 0 Å². The van der Waals surface area contributed by atoms with E-state index in [4.69, 9.17) is 13.8 Å². The van der Waals surface area contributed by atoms with Gasteiger partial charge in [0.05, 0.1) is 11.0 Å². The number of nitrogens with zero attached hydrogens (tertiary/aromatic N) is 3. The van der Waals surface area contributed by atoms with Crippen LogP contribution in [0.15, 0.2) is 221 Å². The number of hydrogen-bond donors (Lipinski definition) is 0. The number of anilines is 3. The van der Waals surface area contributed by atoms with Gasteiger partial charge < -0.3 is 18.3 Å². The van der Waals surface area contributed by atoms with Crippen LogP contribution >= 0.6 is 0 Å². The van der Waals surface area contributed by atoms with Crippen LogP contribution in [0, 0.1) is 0 Å². The smallest absolute Gasteiger partial charge is 0.227 e. The van der Waals surface area contributed by atoms with Crippen LogP contribution in [0.25, 0.3) is 94.2 Å². The van der Waals surface area contributed by atoms with Crippen molar-refractivity contribution in [1.82, 2.24) is 9.55 Å². The standard InChI is InChI=1S/C55H35N3O2/c1-4-12-36(13-5-1)37-20-25-42(26-21-37)57(44-29-30-51-46(33-44)45-18-10-11-19-50(45)58(51)41-16-8-3-9-17-41)43-27-22-38(23-28-43)40-24-31-52-47(32-40)48-34-54-49(35-53(48)59-52)56-55(60-54)39-14-6-2-7-15-39/h1-35H. The summed E-state index contributed by atoms with van der Waals surface area (Å²) in [6, 6.07) is 74.8. The van der Waals surface area contributed by atoms with Gasteiger partial charge in [0.15, 0.2) is 5.58 Å². The summed E-state index contributed by atoms with van der Waals surface area (Å²) in [6.07, 6.45) is 0. The van der Waals surface area contributed by atoms with Gasteiger partial charge >= 0.3 is 0 Å². The van der Waals surface area contributed by atoms with Gasteiger partial charge in [-0.25, -0.2) is 4.98 Å². The molecule has 0 bridgehead atoms. The second kappa shape index (κ2) is 13.8. The van der Waals surface area contributed by atoms with Crippen LogP contribution < -0.4 is 4.90 Å². The Morgan fingerprint density at radius 1 is 0.350 bits per heavy atom. The topological polar surface area (TPSA) is 47.3 Å². The first-order valence-corrected chi connectivity index (χ1v) is 20.2. The molecular weight excluding hydrogens is 735 g/mol. The minimum atomic E-state index is 0.600. The Hall–Kier alpha value is -8.15. The lowest BCUT2D eigenvalue weighted by Gasteiger charge is -2.26. The maximum Gasteiger partial charge on any atom is 0.227 e. The number of oxazole rings is 1. The van der Waals surface area contributed by atoms with Gasteiger partial charge in [0.1, 0.15) is 16.7 Å². The van der Waals surface area contributed by atoms with Crippen molar-refractivity contribution < 1.29 is 8.83 Å². The summed E-state index contributed by atoms with van der Waals surface area (Å²) in [6.45, 7) is 0. The number of fused-ring (bicyclic) bond motifs is 7. The fraction of sp³-hybridized carbons (Fsp3) is 0. The molecule has 0 N–H and O–H groups in total. The molecule has 0 spiro atoms. The summed E-state index contributed by atoms with van der Waals surface area (Å²) in [5.74, 6) is 0.600. The zero-order chi connectivity index (χ0) is 39.6. The molecule has 9 aromatic carbocycles. The van der Waals surface area contributed by atoms with Gasteiger partial charge in [-0.2, -0.15) is 0 Å². The highest BCUT2D eigenvalue weighted by Gasteiger charge is 2.19. The molecule has 3 heterocycles. The van der Waals surface area contributed by atoms with Gasteiger partial charge in [-0.05, 0) is 113 Å². The van der Waals surface area contributed by atoms with Crippen molar-refractivity contribution in [3.8, 4) is 39.4 Å². The fourth-order valence-electron chi connectivity index (χ4n) is 8.72. The molecule has 0 fully saturated rings. The Morgan fingerprint density at radius 3 is 1.65 bits per heavy atom. The van der Waals surface area contributed by atoms with E-state index >= 15 is 0 Å². The molecule has 0 aliphatic rings. The predicted molar refractivity (Wildman–Crippen MR) is 247 cm³/mol. The highest BCUT2D eigenvalue weighted by atomic mass is 16.4. The molecule has 3 aromatic heterocycles. The second-order valence-electron chi connectivity index (χ2n) is 15.2. The van der Waals surface area contributed by atoms with Crippen LogP contribution in [0.3, 0.4) is 0 Å². The Labute approximate surface area is 345 Å². The maximum absolute atomic E-state index is 6.35. The van der Waals surface area contributed by atoms with Gasteiger partial charge in [0.25, 0.3) is 0 Å². The first kappa shape index (κ1) is 33.9. The van der Waals surface area contributed by atoms with Crippen molar-refractivity contribution in [2.24, 2.45) is 0 Å². The molecule has 0 aliphatic carbocycles. The Bertz CT molecular complexity index is 3510. The number of rotatable bonds is 7. The van der Waals surface area contributed by atoms with Crippen molar-refractivity contribution in [1.29, 1.82) is 0 Å². The molecule has 0 unspecified atom stereocenters. The van der Waals surface area contributed by atoms with Crippen molar-refractivity contribution >= 4 is 71.9 Å². The van der Waals surface area contributed by atoms with E-state index in [0.29, 0.717) is 5.89 Å². The molecule has 282 valence electrons. The van der Waals surface area contributed by atoms with E-state index in [1.54, 1.807) is 0 Å². The summed E-state index contributed by atoms with van der Waals surface area (Å²) >= 11 is 0. The summed E-state index contributed by atoms with van der Waals surface area (Å²) in [5.41, 5.74) is 15.4. The van der Waals surface area contributed by atoms with E-state index in [2.05, 4.69) is 185 Å². The zero-order valence-corrected chi connectivity index (χ0v) is 32.4. The van der Waals surface area contributed by atoms with Gasteiger partial charge in [0, 0.05) is 55.9 Å². The van der Waals surface area contributed by atoms with Crippen molar-refractivity contribution in [2.75, 3.05) is 4.90 Å². The van der Waals surface area contributed by atoms with Crippen LogP contribution in [-0.2, 0) is 0 Å². The van der Waals surface area contributed by atoms with E-state index in [0.717, 1.165) is 72.5 Å². The first-order valence-electron chi connectivity index (χ1n) is 20.2. The molecule has 12 rings (SSSR count). The number of furan rings is 1. The number of aromatic nitrogens is 2. The normalized spacial score (nSPS) is 11.7. The third-order valence-corrected chi connectivity index (χ3v) is 11.6. The number of para-hydroxylation sites is 2. The summed E-state index contributed by atoms with van der Waals surface area (Å²) in [4.78, 5) is 7.12. The molecular formula is C55H35N3O2. The van der Waals surface area contributed by atoms with Crippen LogP contribution in [0.2, 0.25) is 0 Å². The average molecular weight is 770 g/mol. The summed E-state index contributed by atoms with van der Waals surface area (Å²) < 4.78 is 14.9. The SMILES string of the molecule is c1ccc(-c2ccc(N(c3ccc(-c4ccc5oc6cc7nc(-c8ccccc8)oc7cc6c5c4)cc3)c3ccc4c(c3)c3ccccc3n4-c3ccccc3)cc2)cc1. The van der Waals surface area contributed by atoms with E-state index < -0.39 is 0 Å². The largest absolute Gasteiger partial charge is 0.456 e. The molecule has 5 heteroatoms. The molecule has 0 saturated heterocycles. The molecule has 0 atom stereocenters. The van der Waals surface area contributed by atoms with Crippen LogP contribution in [0.5, 0.6) is 0 Å². The second-order valence-corrected chi connectivity index (χ2v) is 15.2. The van der Waals surface area contributed by atoms with Gasteiger partial charge in [-0.1, -0.05) is 115 Å². The van der Waals surface area contributed by atoms with Gasteiger partial charge in [0.2, 0.25) is 5.89 Å². The van der Waals surface area contributed by atoms with Gasteiger partial charge in [-0.3, -0.25) is 0 Å². The highest BCUT2D eigenvalue weighted by Crippen LogP contribution is 2.42. The summed E-state index contributed by atoms with van der Waals surface area (Å²) in [5, 5.41) is 4.46. The maximum atomic E-state index is 6.35. The Morgan fingerprint density at radius 2 is 0.917 bits per heavy atom. The van der Waals surface area contributed by atoms with Gasteiger partial charge in [-0.15, -0.1) is 0 Å². The lowest BCUT2D eigenvalue weighted by atomic mass is 10.0. The molecule has 0 radical (unpaired) electrons. The third-order valence-electron chi connectivity index (χ3n) is 11.6. The fourth-order valence-corrected chi connectivity index (χ4v) is 8.72. The van der Waals surface area contributed by atoms with Crippen molar-refractivity contribution in [3.05, 3.63) is 212 Å². The average Bonchev–Trinajstić information content (AvgIpc) is 4.00. The third kappa shape index (κ3) is 5.67. The minimum absolute atomic E-state index is 0.600. The van der Waals surface area contributed by atoms with E-state index in [-0.39, 0.29) is 0 Å². The monoisotopic (exact) mass is 769 g/mol. The van der Waals surface area contributed by atoms with Crippen LogP contribution in [0.1, 0.15) is 0 Å². The quantitative estimate of drug-likeness (QED) is 0.162. The van der Waals surface area contributed by atoms with Crippen molar-refractivity contribution in [2.45, 2.75) is 0 Å². The van der Waals surface area contributed by atoms with Crippen LogP contribution in [-0.4, -0.2) is 9.55 Å². The molecule has 12 aromatic rings. The van der Waals surface area contributed by atoms with Crippen molar-refractivity contribution in [3.63, 3.8) is 0 Å².